The molecule has 0 radical (unpaired) electrons. The van der Waals surface area contributed by atoms with Gasteiger partial charge in [-0.15, -0.1) is 0 Å². The Bertz CT molecular complexity index is 352. The first-order chi connectivity index (χ1) is 8.20. The Morgan fingerprint density at radius 3 is 3.12 bits per heavy atom. The maximum absolute atomic E-state index is 5.53. The molecule has 5 heteroatoms. The van der Waals surface area contributed by atoms with Gasteiger partial charge in [0.15, 0.2) is 0 Å². The molecule has 1 saturated heterocycles. The number of nitrogens with zero attached hydrogens (tertiary/aromatic N) is 3. The Morgan fingerprint density at radius 2 is 2.35 bits per heavy atom. The van der Waals surface area contributed by atoms with E-state index in [1.165, 1.54) is 12.3 Å². The molecule has 4 nitrogen and oxygen atoms in total. The van der Waals surface area contributed by atoms with E-state index in [0.717, 1.165) is 24.0 Å². The third kappa shape index (κ3) is 3.24. The molecule has 1 aliphatic rings. The van der Waals surface area contributed by atoms with Crippen LogP contribution in [0.25, 0.3) is 0 Å². The summed E-state index contributed by atoms with van der Waals surface area (Å²) in [5.41, 5.74) is 6.69. The normalized spacial score (nSPS) is 26.3. The van der Waals surface area contributed by atoms with Crippen molar-refractivity contribution in [3.8, 4) is 0 Å². The lowest BCUT2D eigenvalue weighted by molar-refractivity contribution is 0.202. The first-order valence-corrected chi connectivity index (χ1v) is 7.32. The van der Waals surface area contributed by atoms with Crippen molar-refractivity contribution in [3.05, 3.63) is 18.2 Å². The molecule has 1 aromatic heterocycles. The van der Waals surface area contributed by atoms with E-state index in [1.807, 2.05) is 6.33 Å². The van der Waals surface area contributed by atoms with E-state index in [1.54, 1.807) is 0 Å². The minimum atomic E-state index is 0.633. The van der Waals surface area contributed by atoms with Gasteiger partial charge in [-0.3, -0.25) is 4.90 Å². The van der Waals surface area contributed by atoms with E-state index in [4.69, 9.17) is 5.73 Å². The molecular formula is C12H22N4S. The highest BCUT2D eigenvalue weighted by molar-refractivity contribution is 8.00. The number of hydrogen-bond acceptors (Lipinski definition) is 4. The number of imidazole rings is 1. The number of aromatic nitrogens is 2. The van der Waals surface area contributed by atoms with Crippen LogP contribution in [0.5, 0.6) is 0 Å². The zero-order chi connectivity index (χ0) is 12.3. The monoisotopic (exact) mass is 254 g/mol. The van der Waals surface area contributed by atoms with Crippen molar-refractivity contribution in [2.45, 2.75) is 38.2 Å². The number of rotatable bonds is 4. The van der Waals surface area contributed by atoms with Crippen LogP contribution in [0.1, 0.15) is 19.5 Å². The third-order valence-electron chi connectivity index (χ3n) is 3.45. The summed E-state index contributed by atoms with van der Waals surface area (Å²) in [6.45, 7) is 8.28. The molecule has 2 N–H and O–H groups in total. The van der Waals surface area contributed by atoms with E-state index in [9.17, 15) is 0 Å². The van der Waals surface area contributed by atoms with Crippen molar-refractivity contribution in [2.75, 3.05) is 18.8 Å². The molecule has 2 rings (SSSR count). The second kappa shape index (κ2) is 5.89. The minimum absolute atomic E-state index is 0.633. The maximum Gasteiger partial charge on any atom is 0.0950 e. The summed E-state index contributed by atoms with van der Waals surface area (Å²) < 4.78 is 2.07. The molecule has 1 aliphatic heterocycles. The quantitative estimate of drug-likeness (QED) is 0.876. The van der Waals surface area contributed by atoms with Crippen LogP contribution in [0.4, 0.5) is 0 Å². The number of thioether (sulfide) groups is 1. The molecule has 1 fully saturated rings. The molecule has 0 amide bonds. The minimum Gasteiger partial charge on any atom is -0.336 e. The molecular weight excluding hydrogens is 232 g/mol. The van der Waals surface area contributed by atoms with Gasteiger partial charge in [-0.2, -0.15) is 11.8 Å². The van der Waals surface area contributed by atoms with Gasteiger partial charge < -0.3 is 10.3 Å². The zero-order valence-electron chi connectivity index (χ0n) is 10.7. The molecule has 17 heavy (non-hydrogen) atoms. The van der Waals surface area contributed by atoms with Crippen LogP contribution < -0.4 is 5.73 Å². The fourth-order valence-electron chi connectivity index (χ4n) is 2.19. The largest absolute Gasteiger partial charge is 0.336 e. The van der Waals surface area contributed by atoms with Gasteiger partial charge in [0.1, 0.15) is 0 Å². The molecule has 0 bridgehead atoms. The van der Waals surface area contributed by atoms with E-state index < -0.39 is 0 Å². The third-order valence-corrected chi connectivity index (χ3v) is 4.79. The summed E-state index contributed by atoms with van der Waals surface area (Å²) in [5, 5.41) is 0.717. The topological polar surface area (TPSA) is 47.1 Å². The van der Waals surface area contributed by atoms with Gasteiger partial charge in [-0.1, -0.05) is 6.92 Å². The van der Waals surface area contributed by atoms with E-state index in [2.05, 4.69) is 46.3 Å². The maximum atomic E-state index is 5.53. The predicted octanol–water partition coefficient (Wildman–Crippen LogP) is 1.17. The van der Waals surface area contributed by atoms with E-state index >= 15 is 0 Å². The van der Waals surface area contributed by atoms with Crippen molar-refractivity contribution in [3.63, 3.8) is 0 Å². The van der Waals surface area contributed by atoms with Crippen LogP contribution in [-0.2, 0) is 13.1 Å². The van der Waals surface area contributed by atoms with Crippen LogP contribution in [0.15, 0.2) is 12.5 Å². The molecule has 0 aliphatic carbocycles. The van der Waals surface area contributed by atoms with Gasteiger partial charge in [-0.25, -0.2) is 4.98 Å². The Labute approximate surface area is 108 Å². The molecule has 0 saturated carbocycles. The van der Waals surface area contributed by atoms with Gasteiger partial charge in [0, 0.05) is 49.4 Å². The SMILES string of the molecule is CC1SCCN(Cc2cn(CCN)cn2)C1C. The summed E-state index contributed by atoms with van der Waals surface area (Å²) in [4.78, 5) is 6.97. The zero-order valence-corrected chi connectivity index (χ0v) is 11.5. The van der Waals surface area contributed by atoms with Crippen molar-refractivity contribution in [2.24, 2.45) is 5.73 Å². The van der Waals surface area contributed by atoms with Crippen molar-refractivity contribution < 1.29 is 0 Å². The van der Waals surface area contributed by atoms with Crippen molar-refractivity contribution in [1.29, 1.82) is 0 Å². The average Bonchev–Trinajstić information content (AvgIpc) is 2.73. The molecule has 0 aromatic carbocycles. The molecule has 1 aromatic rings. The molecule has 2 atom stereocenters. The van der Waals surface area contributed by atoms with Crippen LogP contribution in [0.3, 0.4) is 0 Å². The van der Waals surface area contributed by atoms with Gasteiger partial charge in [0.25, 0.3) is 0 Å². The van der Waals surface area contributed by atoms with Crippen LogP contribution in [-0.4, -0.2) is 44.6 Å². The summed E-state index contributed by atoms with van der Waals surface area (Å²) in [6, 6.07) is 0.633. The van der Waals surface area contributed by atoms with Crippen molar-refractivity contribution >= 4 is 11.8 Å². The van der Waals surface area contributed by atoms with E-state index in [0.29, 0.717) is 12.6 Å². The lowest BCUT2D eigenvalue weighted by Crippen LogP contribution is -2.44. The van der Waals surface area contributed by atoms with Gasteiger partial charge in [0.05, 0.1) is 12.0 Å². The lowest BCUT2D eigenvalue weighted by Gasteiger charge is -2.36. The Balaban J connectivity index is 1.94. The van der Waals surface area contributed by atoms with Gasteiger partial charge >= 0.3 is 0 Å². The molecule has 96 valence electrons. The highest BCUT2D eigenvalue weighted by atomic mass is 32.2. The first-order valence-electron chi connectivity index (χ1n) is 6.27. The standard InChI is InChI=1S/C12H22N4S/c1-10-11(2)17-6-5-16(10)8-12-7-15(4-3-13)9-14-12/h7,9-11H,3-6,8,13H2,1-2H3. The first kappa shape index (κ1) is 12.9. The second-order valence-corrected chi connectivity index (χ2v) is 6.16. The summed E-state index contributed by atoms with van der Waals surface area (Å²) in [5.74, 6) is 1.23. The fourth-order valence-corrected chi connectivity index (χ4v) is 3.35. The highest BCUT2D eigenvalue weighted by Crippen LogP contribution is 2.25. The molecule has 2 unspecified atom stereocenters. The van der Waals surface area contributed by atoms with Gasteiger partial charge in [0.2, 0.25) is 0 Å². The Kier molecular flexibility index (Phi) is 4.48. The van der Waals surface area contributed by atoms with Gasteiger partial charge in [-0.05, 0) is 6.92 Å². The van der Waals surface area contributed by atoms with Crippen LogP contribution >= 0.6 is 11.8 Å². The smallest absolute Gasteiger partial charge is 0.0950 e. The molecule has 2 heterocycles. The second-order valence-electron chi connectivity index (χ2n) is 4.68. The summed E-state index contributed by atoms with van der Waals surface area (Å²) in [6.07, 6.45) is 4.00. The average molecular weight is 254 g/mol. The lowest BCUT2D eigenvalue weighted by atomic mass is 10.2. The predicted molar refractivity (Wildman–Crippen MR) is 73.1 cm³/mol. The highest BCUT2D eigenvalue weighted by Gasteiger charge is 2.25. The Morgan fingerprint density at radius 1 is 1.53 bits per heavy atom. The number of hydrogen-bond donors (Lipinski definition) is 1. The Hall–Kier alpha value is -0.520. The van der Waals surface area contributed by atoms with Crippen molar-refractivity contribution in [1.82, 2.24) is 14.5 Å². The number of nitrogens with two attached hydrogens (primary N) is 1. The van der Waals surface area contributed by atoms with Crippen LogP contribution in [0.2, 0.25) is 0 Å². The van der Waals surface area contributed by atoms with Crippen LogP contribution in [0, 0.1) is 0 Å². The van der Waals surface area contributed by atoms with E-state index in [-0.39, 0.29) is 0 Å². The summed E-state index contributed by atoms with van der Waals surface area (Å²) in [7, 11) is 0. The molecule has 0 spiro atoms. The fraction of sp³-hybridized carbons (Fsp3) is 0.750. The summed E-state index contributed by atoms with van der Waals surface area (Å²) >= 11 is 2.07.